The van der Waals surface area contributed by atoms with Gasteiger partial charge in [-0.15, -0.1) is 0 Å². The largest absolute Gasteiger partial charge is 0.339 e. The van der Waals surface area contributed by atoms with Crippen LogP contribution in [0, 0.1) is 5.92 Å². The van der Waals surface area contributed by atoms with Crippen LogP contribution in [0.3, 0.4) is 0 Å². The van der Waals surface area contributed by atoms with Crippen LogP contribution >= 0.6 is 0 Å². The average Bonchev–Trinajstić information content (AvgIpc) is 3.19. The molecular weight excluding hydrogens is 436 g/mol. The third-order valence-corrected chi connectivity index (χ3v) is 9.63. The molecule has 0 radical (unpaired) electrons. The lowest BCUT2D eigenvalue weighted by Gasteiger charge is -2.44. The van der Waals surface area contributed by atoms with Crippen molar-refractivity contribution in [3.05, 3.63) is 24.0 Å². The van der Waals surface area contributed by atoms with Crippen LogP contribution in [0.25, 0.3) is 11.0 Å². The normalized spacial score (nSPS) is 21.5. The monoisotopic (exact) mass is 474 g/mol. The van der Waals surface area contributed by atoms with Crippen LogP contribution in [0.4, 0.5) is 0 Å². The number of hydrogen-bond donors (Lipinski definition) is 0. The number of aromatic nitrogens is 2. The smallest absolute Gasteiger partial charge is 0.243 e. The van der Waals surface area contributed by atoms with Gasteiger partial charge in [-0.3, -0.25) is 4.79 Å². The first-order valence-electron chi connectivity index (χ1n) is 12.7. The van der Waals surface area contributed by atoms with Gasteiger partial charge in [0.05, 0.1) is 15.9 Å². The van der Waals surface area contributed by atoms with E-state index in [0.717, 1.165) is 37.3 Å². The summed E-state index contributed by atoms with van der Waals surface area (Å²) in [5.41, 5.74) is 1.60. The highest BCUT2D eigenvalue weighted by Gasteiger charge is 2.35. The van der Waals surface area contributed by atoms with E-state index in [1.54, 1.807) is 12.1 Å². The van der Waals surface area contributed by atoms with Crippen LogP contribution in [-0.4, -0.2) is 58.8 Å². The van der Waals surface area contributed by atoms with Gasteiger partial charge in [-0.25, -0.2) is 13.4 Å². The number of piperidine rings is 1. The van der Waals surface area contributed by atoms with Gasteiger partial charge in [0.25, 0.3) is 0 Å². The lowest BCUT2D eigenvalue weighted by atomic mass is 9.78. The van der Waals surface area contributed by atoms with Gasteiger partial charge < -0.3 is 9.47 Å². The fraction of sp³-hybridized carbons (Fsp3) is 0.680. The second-order valence-electron chi connectivity index (χ2n) is 9.35. The molecule has 4 rings (SSSR count). The quantitative estimate of drug-likeness (QED) is 0.575. The van der Waals surface area contributed by atoms with E-state index in [0.29, 0.717) is 43.4 Å². The molecule has 2 unspecified atom stereocenters. The van der Waals surface area contributed by atoms with Crippen LogP contribution in [0.5, 0.6) is 0 Å². The summed E-state index contributed by atoms with van der Waals surface area (Å²) < 4.78 is 29.5. The number of hydrogen-bond acceptors (Lipinski definition) is 4. The van der Waals surface area contributed by atoms with E-state index >= 15 is 0 Å². The van der Waals surface area contributed by atoms with Crippen molar-refractivity contribution in [3.63, 3.8) is 0 Å². The van der Waals surface area contributed by atoms with Crippen molar-refractivity contribution in [3.8, 4) is 0 Å². The molecule has 0 N–H and O–H groups in total. The Kier molecular flexibility index (Phi) is 7.43. The van der Waals surface area contributed by atoms with E-state index in [-0.39, 0.29) is 10.8 Å². The number of carbonyl (C=O) groups is 1. The zero-order chi connectivity index (χ0) is 23.6. The summed E-state index contributed by atoms with van der Waals surface area (Å²) in [6.45, 7) is 8.24. The standard InChI is InChI=1S/C25H38N4O3S/c1-4-27(5-2)33(31,32)20-13-14-23-21(18-20)26-24(28(23)6-3)15-16-25(30)29-17-9-11-19-10-7-8-12-22(19)29/h13-14,18-19,22H,4-12,15-17H2,1-3H3. The molecule has 7 nitrogen and oxygen atoms in total. The van der Waals surface area contributed by atoms with Crippen LogP contribution < -0.4 is 0 Å². The Labute approximate surface area is 198 Å². The Balaban J connectivity index is 1.53. The molecule has 1 aliphatic heterocycles. The molecule has 1 saturated heterocycles. The molecule has 2 heterocycles. The van der Waals surface area contributed by atoms with Crippen LogP contribution in [0.1, 0.15) is 71.5 Å². The predicted octanol–water partition coefficient (Wildman–Crippen LogP) is 4.20. The summed E-state index contributed by atoms with van der Waals surface area (Å²) in [5.74, 6) is 1.78. The van der Waals surface area contributed by atoms with Crippen molar-refractivity contribution >= 4 is 27.0 Å². The van der Waals surface area contributed by atoms with E-state index < -0.39 is 10.0 Å². The Hall–Kier alpha value is -1.93. The number of imidazole rings is 1. The second kappa shape index (κ2) is 10.1. The predicted molar refractivity (Wildman–Crippen MR) is 131 cm³/mol. The van der Waals surface area contributed by atoms with E-state index in [1.165, 1.54) is 30.0 Å². The average molecular weight is 475 g/mol. The van der Waals surface area contributed by atoms with Gasteiger partial charge in [0.1, 0.15) is 5.82 Å². The van der Waals surface area contributed by atoms with Gasteiger partial charge >= 0.3 is 0 Å². The Bertz CT molecular complexity index is 1090. The van der Waals surface area contributed by atoms with Crippen molar-refractivity contribution in [1.29, 1.82) is 0 Å². The second-order valence-corrected chi connectivity index (χ2v) is 11.3. The molecule has 2 atom stereocenters. The van der Waals surface area contributed by atoms with Gasteiger partial charge in [-0.2, -0.15) is 4.31 Å². The third-order valence-electron chi connectivity index (χ3n) is 7.58. The number of carbonyl (C=O) groups excluding carboxylic acids is 1. The molecule has 1 saturated carbocycles. The van der Waals surface area contributed by atoms with Gasteiger partial charge in [0.15, 0.2) is 0 Å². The minimum absolute atomic E-state index is 0.242. The number of sulfonamides is 1. The van der Waals surface area contributed by atoms with E-state index in [2.05, 4.69) is 16.4 Å². The first kappa shape index (κ1) is 24.2. The topological polar surface area (TPSA) is 75.5 Å². The summed E-state index contributed by atoms with van der Waals surface area (Å²) in [6.07, 6.45) is 8.35. The number of likely N-dealkylation sites (tertiary alicyclic amines) is 1. The lowest BCUT2D eigenvalue weighted by molar-refractivity contribution is -0.137. The van der Waals surface area contributed by atoms with Gasteiger partial charge in [0.2, 0.25) is 15.9 Å². The molecule has 1 amide bonds. The molecule has 1 aromatic heterocycles. The first-order valence-corrected chi connectivity index (χ1v) is 14.1. The molecule has 2 aromatic rings. The van der Waals surface area contributed by atoms with E-state index in [9.17, 15) is 13.2 Å². The number of aryl methyl sites for hydroxylation is 2. The highest BCUT2D eigenvalue weighted by molar-refractivity contribution is 7.89. The Morgan fingerprint density at radius 2 is 1.82 bits per heavy atom. The van der Waals surface area contributed by atoms with Crippen molar-refractivity contribution in [2.24, 2.45) is 5.92 Å². The van der Waals surface area contributed by atoms with Crippen LogP contribution in [-0.2, 0) is 27.8 Å². The zero-order valence-corrected chi connectivity index (χ0v) is 21.1. The molecule has 1 aliphatic carbocycles. The van der Waals surface area contributed by atoms with Gasteiger partial charge in [-0.1, -0.05) is 26.7 Å². The molecule has 2 aliphatic rings. The Morgan fingerprint density at radius 1 is 1.09 bits per heavy atom. The van der Waals surface area contributed by atoms with Gasteiger partial charge in [0, 0.05) is 45.1 Å². The number of rotatable bonds is 8. The lowest BCUT2D eigenvalue weighted by Crippen LogP contribution is -2.49. The van der Waals surface area contributed by atoms with Crippen molar-refractivity contribution < 1.29 is 13.2 Å². The molecule has 33 heavy (non-hydrogen) atoms. The minimum Gasteiger partial charge on any atom is -0.339 e. The minimum atomic E-state index is -3.53. The van der Waals surface area contributed by atoms with Gasteiger partial charge in [-0.05, 0) is 56.7 Å². The molecule has 2 fully saturated rings. The molecule has 0 spiro atoms. The molecular formula is C25H38N4O3S. The number of fused-ring (bicyclic) bond motifs is 2. The fourth-order valence-corrected chi connectivity index (χ4v) is 7.35. The van der Waals surface area contributed by atoms with E-state index in [4.69, 9.17) is 4.98 Å². The van der Waals surface area contributed by atoms with Crippen LogP contribution in [0.2, 0.25) is 0 Å². The maximum atomic E-state index is 13.2. The Morgan fingerprint density at radius 3 is 2.55 bits per heavy atom. The molecule has 1 aromatic carbocycles. The molecule has 8 heteroatoms. The SMILES string of the molecule is CCN(CC)S(=O)(=O)c1ccc2c(c1)nc(CCC(=O)N1CCCC3CCCCC31)n2CC. The highest BCUT2D eigenvalue weighted by Crippen LogP contribution is 2.35. The van der Waals surface area contributed by atoms with Crippen molar-refractivity contribution in [1.82, 2.24) is 18.8 Å². The van der Waals surface area contributed by atoms with Crippen molar-refractivity contribution in [2.45, 2.75) is 89.6 Å². The number of amides is 1. The maximum Gasteiger partial charge on any atom is 0.243 e. The molecule has 0 bridgehead atoms. The maximum absolute atomic E-state index is 13.2. The third kappa shape index (κ3) is 4.69. The summed E-state index contributed by atoms with van der Waals surface area (Å²) in [6, 6.07) is 5.64. The summed E-state index contributed by atoms with van der Waals surface area (Å²) in [7, 11) is -3.53. The highest BCUT2D eigenvalue weighted by atomic mass is 32.2. The number of benzene rings is 1. The summed E-state index contributed by atoms with van der Waals surface area (Å²) in [5, 5.41) is 0. The number of nitrogens with zero attached hydrogens (tertiary/aromatic N) is 4. The summed E-state index contributed by atoms with van der Waals surface area (Å²) >= 11 is 0. The van der Waals surface area contributed by atoms with E-state index in [1.807, 2.05) is 19.9 Å². The zero-order valence-electron chi connectivity index (χ0n) is 20.3. The first-order chi connectivity index (χ1) is 15.9. The molecule has 182 valence electrons. The summed E-state index contributed by atoms with van der Waals surface area (Å²) in [4.78, 5) is 20.4. The van der Waals surface area contributed by atoms with Crippen molar-refractivity contribution in [2.75, 3.05) is 19.6 Å². The van der Waals surface area contributed by atoms with Crippen LogP contribution in [0.15, 0.2) is 23.1 Å². The fourth-order valence-electron chi connectivity index (χ4n) is 5.87.